The zero-order chi connectivity index (χ0) is 16.0. The predicted molar refractivity (Wildman–Crippen MR) is 86.5 cm³/mol. The molecule has 0 bridgehead atoms. The van der Waals surface area contributed by atoms with Crippen LogP contribution in [0.5, 0.6) is 0 Å². The highest BCUT2D eigenvalue weighted by Gasteiger charge is 2.25. The van der Waals surface area contributed by atoms with Crippen molar-refractivity contribution in [3.05, 3.63) is 30.3 Å². The summed E-state index contributed by atoms with van der Waals surface area (Å²) in [7, 11) is -1.84. The molecule has 1 aromatic rings. The van der Waals surface area contributed by atoms with E-state index in [1.807, 2.05) is 6.92 Å². The number of benzene rings is 1. The van der Waals surface area contributed by atoms with Gasteiger partial charge in [-0.1, -0.05) is 32.0 Å². The number of likely N-dealkylation sites (N-methyl/N-ethyl adjacent to an activating group) is 1. The highest BCUT2D eigenvalue weighted by Crippen LogP contribution is 2.15. The molecule has 0 fully saturated rings. The molecule has 0 aromatic heterocycles. The van der Waals surface area contributed by atoms with Crippen molar-refractivity contribution in [3.8, 4) is 0 Å². The summed E-state index contributed by atoms with van der Waals surface area (Å²) in [6.07, 6.45) is 0. The first-order valence-electron chi connectivity index (χ1n) is 7.27. The second-order valence-corrected chi connectivity index (χ2v) is 7.68. The average Bonchev–Trinajstić information content (AvgIpc) is 2.47. The summed E-state index contributed by atoms with van der Waals surface area (Å²) in [5.74, 6) is 0.415. The highest BCUT2D eigenvalue weighted by atomic mass is 32.2. The predicted octanol–water partition coefficient (Wildman–Crippen LogP) is 1.27. The molecule has 0 aliphatic carbocycles. The molecular formula is C15H27N3O2S. The van der Waals surface area contributed by atoms with Crippen LogP contribution in [0.4, 0.5) is 0 Å². The zero-order valence-electron chi connectivity index (χ0n) is 13.3. The lowest BCUT2D eigenvalue weighted by molar-refractivity contribution is 0.331. The molecule has 0 saturated carbocycles. The van der Waals surface area contributed by atoms with Crippen LogP contribution in [0.15, 0.2) is 35.2 Å². The standard InChI is InChI=1S/C15H27N3O2S/c1-12(2)15(10-16)17-11-13(3)18(4)21(19,20)14-8-6-5-7-9-14/h5-9,12-13,15,17H,10-11,16H2,1-4H3/t13-,15+/m1/s1. The third-order valence-corrected chi connectivity index (χ3v) is 5.76. The number of nitrogens with two attached hydrogens (primary N) is 1. The van der Waals surface area contributed by atoms with Gasteiger partial charge in [0.2, 0.25) is 10.0 Å². The van der Waals surface area contributed by atoms with Crippen molar-refractivity contribution in [1.29, 1.82) is 0 Å². The highest BCUT2D eigenvalue weighted by molar-refractivity contribution is 7.89. The van der Waals surface area contributed by atoms with E-state index in [9.17, 15) is 8.42 Å². The van der Waals surface area contributed by atoms with E-state index in [0.717, 1.165) is 0 Å². The Morgan fingerprint density at radius 2 is 1.76 bits per heavy atom. The maximum absolute atomic E-state index is 12.5. The minimum absolute atomic E-state index is 0.150. The van der Waals surface area contributed by atoms with Crippen LogP contribution in [0.2, 0.25) is 0 Å². The summed E-state index contributed by atoms with van der Waals surface area (Å²) in [4.78, 5) is 0.318. The smallest absolute Gasteiger partial charge is 0.243 e. The van der Waals surface area contributed by atoms with Gasteiger partial charge in [0.15, 0.2) is 0 Å². The number of hydrogen-bond donors (Lipinski definition) is 2. The third-order valence-electron chi connectivity index (χ3n) is 3.78. The Balaban J connectivity index is 2.72. The van der Waals surface area contributed by atoms with Gasteiger partial charge in [0.25, 0.3) is 0 Å². The van der Waals surface area contributed by atoms with Gasteiger partial charge < -0.3 is 11.1 Å². The van der Waals surface area contributed by atoms with Gasteiger partial charge in [-0.3, -0.25) is 0 Å². The van der Waals surface area contributed by atoms with Crippen molar-refractivity contribution in [2.45, 2.75) is 37.8 Å². The fraction of sp³-hybridized carbons (Fsp3) is 0.600. The lowest BCUT2D eigenvalue weighted by Gasteiger charge is -2.28. The van der Waals surface area contributed by atoms with Crippen LogP contribution in [0.3, 0.4) is 0 Å². The Labute approximate surface area is 128 Å². The van der Waals surface area contributed by atoms with Crippen molar-refractivity contribution < 1.29 is 8.42 Å². The number of nitrogens with one attached hydrogen (secondary N) is 1. The molecule has 0 amide bonds. The van der Waals surface area contributed by atoms with Crippen LogP contribution in [0.25, 0.3) is 0 Å². The Morgan fingerprint density at radius 1 is 1.19 bits per heavy atom. The van der Waals surface area contributed by atoms with Crippen LogP contribution in [-0.4, -0.2) is 44.9 Å². The number of hydrogen-bond acceptors (Lipinski definition) is 4. The van der Waals surface area contributed by atoms with Crippen molar-refractivity contribution in [1.82, 2.24) is 9.62 Å². The van der Waals surface area contributed by atoms with E-state index in [0.29, 0.717) is 23.9 Å². The summed E-state index contributed by atoms with van der Waals surface area (Å²) < 4.78 is 26.4. The molecule has 0 saturated heterocycles. The number of nitrogens with zero attached hydrogens (tertiary/aromatic N) is 1. The summed E-state index contributed by atoms with van der Waals surface area (Å²) >= 11 is 0. The number of sulfonamides is 1. The molecule has 3 N–H and O–H groups in total. The fourth-order valence-corrected chi connectivity index (χ4v) is 3.42. The van der Waals surface area contributed by atoms with E-state index in [2.05, 4.69) is 19.2 Å². The van der Waals surface area contributed by atoms with Gasteiger partial charge in [-0.15, -0.1) is 0 Å². The molecule has 2 atom stereocenters. The van der Waals surface area contributed by atoms with E-state index >= 15 is 0 Å². The average molecular weight is 313 g/mol. The molecule has 21 heavy (non-hydrogen) atoms. The van der Waals surface area contributed by atoms with E-state index in [1.165, 1.54) is 4.31 Å². The molecule has 0 radical (unpaired) electrons. The van der Waals surface area contributed by atoms with E-state index in [4.69, 9.17) is 5.73 Å². The molecule has 0 aliphatic heterocycles. The van der Waals surface area contributed by atoms with Crippen LogP contribution in [-0.2, 0) is 10.0 Å². The lowest BCUT2D eigenvalue weighted by atomic mass is 10.0. The van der Waals surface area contributed by atoms with Crippen LogP contribution >= 0.6 is 0 Å². The Kier molecular flexibility index (Phi) is 6.80. The quantitative estimate of drug-likeness (QED) is 0.758. The summed E-state index contributed by atoms with van der Waals surface area (Å²) in [5.41, 5.74) is 5.72. The van der Waals surface area contributed by atoms with Crippen molar-refractivity contribution >= 4 is 10.0 Å². The van der Waals surface area contributed by atoms with Gasteiger partial charge >= 0.3 is 0 Å². The fourth-order valence-electron chi connectivity index (χ4n) is 2.04. The van der Waals surface area contributed by atoms with Gasteiger partial charge in [-0.25, -0.2) is 8.42 Å². The summed E-state index contributed by atoms with van der Waals surface area (Å²) in [5, 5.41) is 3.34. The first-order valence-corrected chi connectivity index (χ1v) is 8.71. The van der Waals surface area contributed by atoms with Gasteiger partial charge in [-0.2, -0.15) is 4.31 Å². The number of rotatable bonds is 8. The van der Waals surface area contributed by atoms with E-state index in [-0.39, 0.29) is 12.1 Å². The van der Waals surface area contributed by atoms with Gasteiger partial charge in [0.05, 0.1) is 4.90 Å². The summed E-state index contributed by atoms with van der Waals surface area (Å²) in [6.45, 7) is 7.20. The SMILES string of the molecule is CC(C)[C@H](CN)NC[C@@H](C)N(C)S(=O)(=O)c1ccccc1. The van der Waals surface area contributed by atoms with E-state index < -0.39 is 10.0 Å². The van der Waals surface area contributed by atoms with Crippen molar-refractivity contribution in [3.63, 3.8) is 0 Å². The largest absolute Gasteiger partial charge is 0.329 e. The summed E-state index contributed by atoms with van der Waals surface area (Å²) in [6, 6.07) is 8.53. The molecular weight excluding hydrogens is 286 g/mol. The van der Waals surface area contributed by atoms with Crippen LogP contribution < -0.4 is 11.1 Å². The maximum atomic E-state index is 12.5. The van der Waals surface area contributed by atoms with Crippen LogP contribution in [0, 0.1) is 5.92 Å². The Hall–Kier alpha value is -0.950. The first kappa shape index (κ1) is 18.1. The molecule has 5 nitrogen and oxygen atoms in total. The normalized spacial score (nSPS) is 15.4. The second-order valence-electron chi connectivity index (χ2n) is 5.68. The molecule has 0 aliphatic rings. The minimum Gasteiger partial charge on any atom is -0.329 e. The maximum Gasteiger partial charge on any atom is 0.243 e. The Bertz CT molecular complexity index is 517. The first-order chi connectivity index (χ1) is 9.80. The van der Waals surface area contributed by atoms with Gasteiger partial charge in [0.1, 0.15) is 0 Å². The van der Waals surface area contributed by atoms with E-state index in [1.54, 1.807) is 37.4 Å². The zero-order valence-corrected chi connectivity index (χ0v) is 14.1. The second kappa shape index (κ2) is 7.89. The topological polar surface area (TPSA) is 75.4 Å². The Morgan fingerprint density at radius 3 is 2.24 bits per heavy atom. The van der Waals surface area contributed by atoms with Crippen LogP contribution in [0.1, 0.15) is 20.8 Å². The molecule has 1 aromatic carbocycles. The van der Waals surface area contributed by atoms with Gasteiger partial charge in [-0.05, 0) is 25.0 Å². The molecule has 0 spiro atoms. The van der Waals surface area contributed by atoms with Crippen molar-refractivity contribution in [2.24, 2.45) is 11.7 Å². The third kappa shape index (κ3) is 4.78. The lowest BCUT2D eigenvalue weighted by Crippen LogP contribution is -2.47. The molecule has 120 valence electrons. The minimum atomic E-state index is -3.45. The molecule has 6 heteroatoms. The molecule has 0 heterocycles. The van der Waals surface area contributed by atoms with Gasteiger partial charge in [0, 0.05) is 32.2 Å². The van der Waals surface area contributed by atoms with Crippen molar-refractivity contribution in [2.75, 3.05) is 20.1 Å². The monoisotopic (exact) mass is 313 g/mol. The molecule has 0 unspecified atom stereocenters. The molecule has 1 rings (SSSR count).